The fraction of sp³-hybridized carbons (Fsp3) is 0.400. The third-order valence-corrected chi connectivity index (χ3v) is 1.23. The summed E-state index contributed by atoms with van der Waals surface area (Å²) in [6, 6.07) is 0. The Hall–Kier alpha value is -1.49. The monoisotopic (exact) mass is 365 g/mol. The van der Waals surface area contributed by atoms with Crippen molar-refractivity contribution in [3.05, 3.63) is 23.7 Å². The smallest absolute Gasteiger partial charge is 0.869 e. The minimum absolute atomic E-state index is 0. The van der Waals surface area contributed by atoms with E-state index < -0.39 is 35.4 Å². The second-order valence-corrected chi connectivity index (χ2v) is 3.23. The summed E-state index contributed by atoms with van der Waals surface area (Å²) in [6.07, 6.45) is -9.82. The topological polar surface area (TPSA) is 80.3 Å². The Morgan fingerprint density at radius 1 is 0.762 bits per heavy atom. The van der Waals surface area contributed by atoms with Gasteiger partial charge in [-0.2, -0.15) is 26.3 Å². The van der Waals surface area contributed by atoms with Crippen LogP contribution in [0.15, 0.2) is 23.7 Å². The molecule has 0 heterocycles. The average molecular weight is 365 g/mol. The third-order valence-electron chi connectivity index (χ3n) is 1.23. The Kier molecular flexibility index (Phi) is 11.0. The summed E-state index contributed by atoms with van der Waals surface area (Å²) >= 11 is 0. The van der Waals surface area contributed by atoms with Crippen molar-refractivity contribution in [2.45, 2.75) is 26.2 Å². The van der Waals surface area contributed by atoms with Crippen LogP contribution in [-0.2, 0) is 26.4 Å². The first-order valence-electron chi connectivity index (χ1n) is 4.61. The number of carbonyl (C=O) groups is 2. The molecule has 0 aromatic heterocycles. The van der Waals surface area contributed by atoms with E-state index in [1.807, 2.05) is 0 Å². The summed E-state index contributed by atoms with van der Waals surface area (Å²) in [5.74, 6) is -6.02. The molecule has 0 aliphatic heterocycles. The Morgan fingerprint density at radius 2 is 0.952 bits per heavy atom. The number of alkyl halides is 6. The molecule has 0 spiro atoms. The number of halogens is 6. The first-order valence-corrected chi connectivity index (χ1v) is 4.61. The third kappa shape index (κ3) is 14.7. The summed E-state index contributed by atoms with van der Waals surface area (Å²) in [5.41, 5.74) is 0. The molecule has 0 aromatic rings. The van der Waals surface area contributed by atoms with Crippen LogP contribution in [0.1, 0.15) is 13.8 Å². The van der Waals surface area contributed by atoms with Crippen molar-refractivity contribution in [3.63, 3.8) is 0 Å². The molecule has 4 nitrogen and oxygen atoms in total. The number of rotatable bonds is 2. The molecule has 123 valence electrons. The average Bonchev–Trinajstić information content (AvgIpc) is 2.13. The zero-order valence-corrected chi connectivity index (χ0v) is 11.4. The molecule has 11 heteroatoms. The van der Waals surface area contributed by atoms with E-state index >= 15 is 0 Å². The Bertz CT molecular complexity index is 382. The molecule has 0 saturated carbocycles. The van der Waals surface area contributed by atoms with E-state index in [4.69, 9.17) is 0 Å². The van der Waals surface area contributed by atoms with E-state index in [1.54, 1.807) is 0 Å². The van der Waals surface area contributed by atoms with Gasteiger partial charge >= 0.3 is 29.1 Å². The van der Waals surface area contributed by atoms with Crippen LogP contribution in [0, 0.1) is 0 Å². The molecule has 1 radical (unpaired) electrons. The van der Waals surface area contributed by atoms with Crippen LogP contribution in [0.2, 0.25) is 0 Å². The molecule has 0 saturated heterocycles. The first-order chi connectivity index (χ1) is 8.67. The molecule has 21 heavy (non-hydrogen) atoms. The van der Waals surface area contributed by atoms with Gasteiger partial charge in [0.25, 0.3) is 0 Å². The molecule has 0 aliphatic carbocycles. The zero-order chi connectivity index (χ0) is 16.7. The number of carbonyl (C=O) groups excluding carboxylic acids is 2. The molecule has 0 N–H and O–H groups in total. The quantitative estimate of drug-likeness (QED) is 0.411. The van der Waals surface area contributed by atoms with E-state index in [-0.39, 0.29) is 28.9 Å². The predicted molar refractivity (Wildman–Crippen MR) is 49.6 cm³/mol. The Morgan fingerprint density at radius 3 is 1.00 bits per heavy atom. The van der Waals surface area contributed by atoms with Crippen LogP contribution in [0.3, 0.4) is 0 Å². The van der Waals surface area contributed by atoms with Gasteiger partial charge < -0.3 is 10.2 Å². The molecular formula is C10H8CoF6O4. The molecular weight excluding hydrogens is 357 g/mol. The molecule has 0 bridgehead atoms. The van der Waals surface area contributed by atoms with Gasteiger partial charge in [0.05, 0.1) is 0 Å². The number of hydrogen-bond donors (Lipinski definition) is 0. The van der Waals surface area contributed by atoms with Crippen molar-refractivity contribution >= 4 is 11.6 Å². The molecule has 0 amide bonds. The first kappa shape index (κ1) is 24.5. The maximum absolute atomic E-state index is 11.3. The molecule has 0 aromatic carbocycles. The van der Waals surface area contributed by atoms with Crippen molar-refractivity contribution in [3.8, 4) is 0 Å². The summed E-state index contributed by atoms with van der Waals surface area (Å²) in [4.78, 5) is 19.8. The van der Waals surface area contributed by atoms with Crippen molar-refractivity contribution in [2.75, 3.05) is 0 Å². The normalized spacial score (nSPS) is 12.8. The second kappa shape index (κ2) is 9.44. The van der Waals surface area contributed by atoms with Crippen LogP contribution in [0.5, 0.6) is 0 Å². The Balaban J connectivity index is -0.000000295. The minimum atomic E-state index is -4.92. The standard InChI is InChI=1S/2C5H5F3O2.Co/c2*1-3(9)2-4(10)5(6,7)8;/h2*2,10H,1H3;/q;;+2/p-2. The van der Waals surface area contributed by atoms with Crippen molar-refractivity contribution in [1.82, 2.24) is 0 Å². The van der Waals surface area contributed by atoms with Crippen LogP contribution in [0.25, 0.3) is 0 Å². The van der Waals surface area contributed by atoms with E-state index in [2.05, 4.69) is 0 Å². The van der Waals surface area contributed by atoms with Gasteiger partial charge in [0.1, 0.15) is 0 Å². The molecule has 0 atom stereocenters. The maximum atomic E-state index is 11.3. The van der Waals surface area contributed by atoms with Gasteiger partial charge in [0, 0.05) is 0 Å². The van der Waals surface area contributed by atoms with Crippen LogP contribution in [0.4, 0.5) is 26.3 Å². The number of ketones is 2. The van der Waals surface area contributed by atoms with Crippen LogP contribution < -0.4 is 10.2 Å². The molecule has 0 unspecified atom stereocenters. The molecule has 0 aliphatic rings. The minimum Gasteiger partial charge on any atom is -0.869 e. The fourth-order valence-corrected chi connectivity index (χ4v) is 0.533. The summed E-state index contributed by atoms with van der Waals surface area (Å²) < 4.78 is 67.7. The van der Waals surface area contributed by atoms with Gasteiger partial charge in [0.2, 0.25) is 0 Å². The van der Waals surface area contributed by atoms with E-state index in [1.165, 1.54) is 0 Å². The van der Waals surface area contributed by atoms with E-state index in [0.29, 0.717) is 0 Å². The largest absolute Gasteiger partial charge is 2.00 e. The van der Waals surface area contributed by atoms with Crippen molar-refractivity contribution < 1.29 is 62.9 Å². The predicted octanol–water partition coefficient (Wildman–Crippen LogP) is 0.761. The van der Waals surface area contributed by atoms with Gasteiger partial charge in [0.15, 0.2) is 11.6 Å². The van der Waals surface area contributed by atoms with Crippen molar-refractivity contribution in [2.24, 2.45) is 0 Å². The van der Waals surface area contributed by atoms with E-state index in [0.717, 1.165) is 13.8 Å². The second-order valence-electron chi connectivity index (χ2n) is 3.23. The van der Waals surface area contributed by atoms with Gasteiger partial charge in [-0.15, -0.1) is 0 Å². The zero-order valence-electron chi connectivity index (χ0n) is 10.4. The summed E-state index contributed by atoms with van der Waals surface area (Å²) in [6.45, 7) is 1.76. The van der Waals surface area contributed by atoms with E-state index in [9.17, 15) is 46.1 Å². The molecule has 0 fully saturated rings. The fourth-order valence-electron chi connectivity index (χ4n) is 0.533. The van der Waals surface area contributed by atoms with Gasteiger partial charge in [-0.3, -0.25) is 9.59 Å². The Labute approximate surface area is 125 Å². The van der Waals surface area contributed by atoms with Crippen LogP contribution in [-0.4, -0.2) is 23.9 Å². The number of hydrogen-bond acceptors (Lipinski definition) is 4. The van der Waals surface area contributed by atoms with Gasteiger partial charge in [-0.25, -0.2) is 0 Å². The van der Waals surface area contributed by atoms with Crippen molar-refractivity contribution in [1.29, 1.82) is 0 Å². The van der Waals surface area contributed by atoms with Gasteiger partial charge in [-0.1, -0.05) is 0 Å². The summed E-state index contributed by atoms with van der Waals surface area (Å²) in [5, 5.41) is 19.7. The SMILES string of the molecule is CC(=O)C=C([O-])C(F)(F)F.CC(=O)C=C([O-])C(F)(F)F.[Co+2]. The van der Waals surface area contributed by atoms with Crippen LogP contribution >= 0.6 is 0 Å². The molecule has 0 rings (SSSR count). The summed E-state index contributed by atoms with van der Waals surface area (Å²) in [7, 11) is 0. The number of allylic oxidation sites excluding steroid dienone is 4. The van der Waals surface area contributed by atoms with Gasteiger partial charge in [-0.05, 0) is 37.5 Å². The maximum Gasteiger partial charge on any atom is 2.00 e.